The van der Waals surface area contributed by atoms with Crippen LogP contribution in [0.4, 0.5) is 0 Å². The molecular weight excluding hydrogens is 299 g/mol. The van der Waals surface area contributed by atoms with Gasteiger partial charge in [0.15, 0.2) is 0 Å². The quantitative estimate of drug-likeness (QED) is 0.820. The van der Waals surface area contributed by atoms with E-state index >= 15 is 0 Å². The molecule has 0 aliphatic rings. The summed E-state index contributed by atoms with van der Waals surface area (Å²) in [7, 11) is 0. The smallest absolute Gasteiger partial charge is 0.0674 e. The molecule has 1 aromatic heterocycles. The fourth-order valence-corrected chi connectivity index (χ4v) is 1.96. The van der Waals surface area contributed by atoms with E-state index in [2.05, 4.69) is 21.0 Å². The van der Waals surface area contributed by atoms with Gasteiger partial charge < -0.3 is 0 Å². The molecule has 0 spiro atoms. The Kier molecular flexibility index (Phi) is 3.34. The second kappa shape index (κ2) is 4.56. The van der Waals surface area contributed by atoms with Gasteiger partial charge in [-0.15, -0.1) is 0 Å². The SMILES string of the molecule is Clc1ccc(Cl)c(Cn2cc(Br)cn2)c1. The predicted molar refractivity (Wildman–Crippen MR) is 65.5 cm³/mol. The van der Waals surface area contributed by atoms with Crippen LogP contribution in [0.15, 0.2) is 35.1 Å². The molecule has 0 saturated heterocycles. The molecule has 0 unspecified atom stereocenters. The summed E-state index contributed by atoms with van der Waals surface area (Å²) in [6.07, 6.45) is 3.62. The van der Waals surface area contributed by atoms with Crippen molar-refractivity contribution in [3.63, 3.8) is 0 Å². The van der Waals surface area contributed by atoms with E-state index in [0.29, 0.717) is 16.6 Å². The van der Waals surface area contributed by atoms with Crippen molar-refractivity contribution in [1.29, 1.82) is 0 Å². The number of rotatable bonds is 2. The second-order valence-corrected chi connectivity index (χ2v) is 4.85. The fourth-order valence-electron chi connectivity index (χ4n) is 1.26. The van der Waals surface area contributed by atoms with E-state index in [1.54, 1.807) is 23.0 Å². The number of halogens is 3. The molecule has 2 nitrogen and oxygen atoms in total. The van der Waals surface area contributed by atoms with Crippen molar-refractivity contribution >= 4 is 39.1 Å². The summed E-state index contributed by atoms with van der Waals surface area (Å²) in [4.78, 5) is 0. The molecule has 2 aromatic rings. The van der Waals surface area contributed by atoms with Crippen LogP contribution < -0.4 is 0 Å². The lowest BCUT2D eigenvalue weighted by molar-refractivity contribution is 0.687. The maximum atomic E-state index is 6.04. The first-order chi connectivity index (χ1) is 7.15. The lowest BCUT2D eigenvalue weighted by atomic mass is 10.2. The highest BCUT2D eigenvalue weighted by molar-refractivity contribution is 9.10. The number of aromatic nitrogens is 2. The molecule has 1 heterocycles. The molecule has 2 rings (SSSR count). The topological polar surface area (TPSA) is 17.8 Å². The molecule has 0 atom stereocenters. The van der Waals surface area contributed by atoms with Gasteiger partial charge in [-0.2, -0.15) is 5.10 Å². The Morgan fingerprint density at radius 2 is 2.13 bits per heavy atom. The van der Waals surface area contributed by atoms with Gasteiger partial charge in [0.1, 0.15) is 0 Å². The summed E-state index contributed by atoms with van der Waals surface area (Å²) in [5, 5.41) is 5.53. The molecule has 5 heteroatoms. The largest absolute Gasteiger partial charge is 0.267 e. The van der Waals surface area contributed by atoms with Crippen molar-refractivity contribution < 1.29 is 0 Å². The van der Waals surface area contributed by atoms with Crippen molar-refractivity contribution in [2.75, 3.05) is 0 Å². The summed E-state index contributed by atoms with van der Waals surface area (Å²) >= 11 is 15.3. The Balaban J connectivity index is 2.27. The molecule has 0 N–H and O–H groups in total. The normalized spacial score (nSPS) is 10.6. The first-order valence-corrected chi connectivity index (χ1v) is 5.82. The molecular formula is C10H7BrCl2N2. The third kappa shape index (κ3) is 2.74. The van der Waals surface area contributed by atoms with Crippen LogP contribution in [-0.4, -0.2) is 9.78 Å². The third-order valence-corrected chi connectivity index (χ3v) is 2.96. The van der Waals surface area contributed by atoms with Crippen molar-refractivity contribution in [3.05, 3.63) is 50.7 Å². The highest BCUT2D eigenvalue weighted by atomic mass is 79.9. The molecule has 15 heavy (non-hydrogen) atoms. The Morgan fingerprint density at radius 3 is 2.80 bits per heavy atom. The fraction of sp³-hybridized carbons (Fsp3) is 0.100. The summed E-state index contributed by atoms with van der Waals surface area (Å²) in [5.41, 5.74) is 0.958. The third-order valence-electron chi connectivity index (χ3n) is 1.94. The van der Waals surface area contributed by atoms with E-state index in [1.807, 2.05) is 12.3 Å². The summed E-state index contributed by atoms with van der Waals surface area (Å²) in [6.45, 7) is 0.616. The van der Waals surface area contributed by atoms with E-state index in [9.17, 15) is 0 Å². The molecule has 0 aliphatic carbocycles. The lowest BCUT2D eigenvalue weighted by Crippen LogP contribution is -2.00. The predicted octanol–water partition coefficient (Wildman–Crippen LogP) is 4.00. The van der Waals surface area contributed by atoms with Crippen molar-refractivity contribution in [2.45, 2.75) is 6.54 Å². The van der Waals surface area contributed by atoms with Crippen LogP contribution in [-0.2, 0) is 6.54 Å². The van der Waals surface area contributed by atoms with Crippen LogP contribution in [0.3, 0.4) is 0 Å². The van der Waals surface area contributed by atoms with Gasteiger partial charge in [0.2, 0.25) is 0 Å². The second-order valence-electron chi connectivity index (χ2n) is 3.09. The molecule has 0 fully saturated rings. The van der Waals surface area contributed by atoms with Gasteiger partial charge in [-0.05, 0) is 39.7 Å². The van der Waals surface area contributed by atoms with Gasteiger partial charge >= 0.3 is 0 Å². The van der Waals surface area contributed by atoms with E-state index in [-0.39, 0.29) is 0 Å². The van der Waals surface area contributed by atoms with Gasteiger partial charge in [0.05, 0.1) is 17.2 Å². The summed E-state index contributed by atoms with van der Waals surface area (Å²) in [6, 6.07) is 5.41. The number of nitrogens with zero attached hydrogens (tertiary/aromatic N) is 2. The van der Waals surface area contributed by atoms with Gasteiger partial charge in [-0.3, -0.25) is 4.68 Å². The summed E-state index contributed by atoms with van der Waals surface area (Å²) in [5.74, 6) is 0. The minimum Gasteiger partial charge on any atom is -0.267 e. The first-order valence-electron chi connectivity index (χ1n) is 4.27. The minimum absolute atomic E-state index is 0.616. The van der Waals surface area contributed by atoms with Crippen LogP contribution in [0.1, 0.15) is 5.56 Å². The van der Waals surface area contributed by atoms with Gasteiger partial charge in [-0.25, -0.2) is 0 Å². The van der Waals surface area contributed by atoms with Crippen LogP contribution >= 0.6 is 39.1 Å². The van der Waals surface area contributed by atoms with Crippen LogP contribution in [0.2, 0.25) is 10.0 Å². The molecule has 1 aromatic carbocycles. The maximum Gasteiger partial charge on any atom is 0.0674 e. The van der Waals surface area contributed by atoms with E-state index < -0.39 is 0 Å². The van der Waals surface area contributed by atoms with E-state index in [4.69, 9.17) is 23.2 Å². The maximum absolute atomic E-state index is 6.04. The summed E-state index contributed by atoms with van der Waals surface area (Å²) < 4.78 is 2.74. The monoisotopic (exact) mass is 304 g/mol. The number of benzene rings is 1. The van der Waals surface area contributed by atoms with Crippen molar-refractivity contribution in [3.8, 4) is 0 Å². The van der Waals surface area contributed by atoms with Gasteiger partial charge in [-0.1, -0.05) is 23.2 Å². The highest BCUT2D eigenvalue weighted by Crippen LogP contribution is 2.21. The Labute approximate surface area is 106 Å². The molecule has 0 radical (unpaired) electrons. The Hall–Kier alpha value is -0.510. The van der Waals surface area contributed by atoms with Gasteiger partial charge in [0.25, 0.3) is 0 Å². The Morgan fingerprint density at radius 1 is 1.33 bits per heavy atom. The standard InChI is InChI=1S/C10H7BrCl2N2/c11-8-4-14-15(6-8)5-7-3-9(12)1-2-10(7)13/h1-4,6H,5H2. The van der Waals surface area contributed by atoms with Crippen LogP contribution in [0.5, 0.6) is 0 Å². The van der Waals surface area contributed by atoms with Crippen molar-refractivity contribution in [2.24, 2.45) is 0 Å². The molecule has 0 bridgehead atoms. The van der Waals surface area contributed by atoms with E-state index in [0.717, 1.165) is 10.0 Å². The molecule has 0 amide bonds. The van der Waals surface area contributed by atoms with Gasteiger partial charge in [0, 0.05) is 16.2 Å². The Bertz CT molecular complexity index is 482. The number of hydrogen-bond acceptors (Lipinski definition) is 1. The van der Waals surface area contributed by atoms with Crippen LogP contribution in [0, 0.1) is 0 Å². The average Bonchev–Trinajstić information content (AvgIpc) is 2.58. The molecule has 78 valence electrons. The molecule has 0 saturated carbocycles. The minimum atomic E-state index is 0.616. The lowest BCUT2D eigenvalue weighted by Gasteiger charge is -2.04. The zero-order valence-corrected chi connectivity index (χ0v) is 10.7. The molecule has 0 aliphatic heterocycles. The first kappa shape index (κ1) is 11.0. The zero-order valence-electron chi connectivity index (χ0n) is 7.62. The highest BCUT2D eigenvalue weighted by Gasteiger charge is 2.03. The van der Waals surface area contributed by atoms with E-state index in [1.165, 1.54) is 0 Å². The van der Waals surface area contributed by atoms with Crippen molar-refractivity contribution in [1.82, 2.24) is 9.78 Å². The average molecular weight is 306 g/mol. The number of hydrogen-bond donors (Lipinski definition) is 0. The zero-order chi connectivity index (χ0) is 10.8. The van der Waals surface area contributed by atoms with Crippen LogP contribution in [0.25, 0.3) is 0 Å².